The van der Waals surface area contributed by atoms with E-state index in [9.17, 15) is 4.79 Å². The summed E-state index contributed by atoms with van der Waals surface area (Å²) in [6, 6.07) is 11.7. The van der Waals surface area contributed by atoms with Gasteiger partial charge < -0.3 is 28.5 Å². The standard InChI is InChI=1S/C20H12O6/c21-20-18-12(7-22-20)5-10-2-4-14-19(26-9-24-14)17(10)16(18)11-1-3-13-15(6-11)25-8-23-13/h1-6H,7-9H2/p+1. The molecule has 6 rings (SSSR count). The number of ether oxygens (including phenoxy) is 5. The van der Waals surface area contributed by atoms with Crippen LogP contribution < -0.4 is 18.9 Å². The molecule has 3 aromatic rings. The minimum Gasteiger partial charge on any atom is -0.454 e. The van der Waals surface area contributed by atoms with Gasteiger partial charge in [-0.3, -0.25) is 0 Å². The Morgan fingerprint density at radius 2 is 1.54 bits per heavy atom. The smallest absolute Gasteiger partial charge is 0.454 e. The van der Waals surface area contributed by atoms with Crippen LogP contribution in [-0.4, -0.2) is 24.3 Å². The van der Waals surface area contributed by atoms with Crippen LogP contribution in [0, 0.1) is 0 Å². The summed E-state index contributed by atoms with van der Waals surface area (Å²) in [7, 11) is 0. The summed E-state index contributed by atoms with van der Waals surface area (Å²) in [5.74, 6) is 2.68. The van der Waals surface area contributed by atoms with E-state index in [1.807, 2.05) is 36.4 Å². The molecule has 3 aliphatic heterocycles. The molecule has 0 aliphatic carbocycles. The monoisotopic (exact) mass is 349 g/mol. The van der Waals surface area contributed by atoms with Gasteiger partial charge in [0.25, 0.3) is 0 Å². The van der Waals surface area contributed by atoms with Crippen molar-refractivity contribution in [3.05, 3.63) is 47.5 Å². The van der Waals surface area contributed by atoms with Crippen LogP contribution in [0.5, 0.6) is 23.0 Å². The number of hydrogen-bond donors (Lipinski definition) is 0. The van der Waals surface area contributed by atoms with E-state index < -0.39 is 0 Å². The Balaban J connectivity index is 1.74. The van der Waals surface area contributed by atoms with Gasteiger partial charge in [0.1, 0.15) is 5.56 Å². The molecule has 0 bridgehead atoms. The number of hydrogen-bond acceptors (Lipinski definition) is 5. The highest BCUT2D eigenvalue weighted by Crippen LogP contribution is 2.48. The Hall–Kier alpha value is -3.41. The average molecular weight is 349 g/mol. The molecule has 0 atom stereocenters. The maximum Gasteiger partial charge on any atom is 0.519 e. The Morgan fingerprint density at radius 3 is 2.50 bits per heavy atom. The van der Waals surface area contributed by atoms with Gasteiger partial charge in [-0.2, -0.15) is 0 Å². The molecule has 1 N–H and O–H groups in total. The summed E-state index contributed by atoms with van der Waals surface area (Å²) >= 11 is 0. The first-order valence-electron chi connectivity index (χ1n) is 8.27. The van der Waals surface area contributed by atoms with Crippen molar-refractivity contribution in [2.75, 3.05) is 13.6 Å². The molecule has 3 aliphatic rings. The van der Waals surface area contributed by atoms with Crippen LogP contribution in [0.4, 0.5) is 0 Å². The van der Waals surface area contributed by atoms with E-state index in [1.165, 1.54) is 0 Å². The number of benzene rings is 3. The van der Waals surface area contributed by atoms with E-state index >= 15 is 0 Å². The summed E-state index contributed by atoms with van der Waals surface area (Å²) in [5, 5.41) is 1.88. The molecule has 0 fully saturated rings. The highest BCUT2D eigenvalue weighted by atomic mass is 16.7. The van der Waals surface area contributed by atoms with Gasteiger partial charge in [0.2, 0.25) is 20.2 Å². The third-order valence-corrected chi connectivity index (χ3v) is 4.96. The average Bonchev–Trinajstić information content (AvgIpc) is 3.39. The van der Waals surface area contributed by atoms with Crippen LogP contribution in [0.25, 0.3) is 21.9 Å². The molecule has 0 radical (unpaired) electrons. The summed E-state index contributed by atoms with van der Waals surface area (Å²) < 4.78 is 27.7. The van der Waals surface area contributed by atoms with Crippen LogP contribution in [0.3, 0.4) is 0 Å². The predicted molar refractivity (Wildman–Crippen MR) is 92.5 cm³/mol. The molecule has 26 heavy (non-hydrogen) atoms. The van der Waals surface area contributed by atoms with Gasteiger partial charge in [-0.05, 0) is 35.2 Å². The summed E-state index contributed by atoms with van der Waals surface area (Å²) in [5.41, 5.74) is 3.34. The van der Waals surface area contributed by atoms with Crippen molar-refractivity contribution in [2.45, 2.75) is 6.61 Å². The van der Waals surface area contributed by atoms with Crippen molar-refractivity contribution in [3.8, 4) is 34.1 Å². The SMILES string of the molecule is [OH+]=C1OCc2cc3ccc4c(c3c(-c3ccc5c(c3)OCO5)c21)OCO4. The fourth-order valence-corrected chi connectivity index (χ4v) is 3.83. The first kappa shape index (κ1) is 13.8. The topological polar surface area (TPSA) is 67.6 Å². The fraction of sp³-hybridized carbons (Fsp3) is 0.150. The van der Waals surface area contributed by atoms with Crippen molar-refractivity contribution < 1.29 is 28.5 Å². The lowest BCUT2D eigenvalue weighted by atomic mass is 9.90. The number of fused-ring (bicyclic) bond motifs is 5. The molecule has 0 amide bonds. The number of carbonyl (C=O) groups excluding carboxylic acids is 1. The first-order valence-corrected chi connectivity index (χ1v) is 8.27. The summed E-state index contributed by atoms with van der Waals surface area (Å²) in [4.78, 5) is 10.4. The minimum absolute atomic E-state index is 0.0777. The molecule has 6 nitrogen and oxygen atoms in total. The Labute approximate surface area is 147 Å². The van der Waals surface area contributed by atoms with E-state index in [2.05, 4.69) is 0 Å². The third-order valence-electron chi connectivity index (χ3n) is 4.96. The van der Waals surface area contributed by atoms with Crippen LogP contribution in [-0.2, 0) is 11.3 Å². The zero-order valence-corrected chi connectivity index (χ0v) is 13.6. The van der Waals surface area contributed by atoms with E-state index in [-0.39, 0.29) is 19.6 Å². The lowest BCUT2D eigenvalue weighted by Crippen LogP contribution is -2.01. The molecule has 0 unspecified atom stereocenters. The van der Waals surface area contributed by atoms with E-state index in [1.54, 1.807) is 0 Å². The second-order valence-corrected chi connectivity index (χ2v) is 6.35. The predicted octanol–water partition coefficient (Wildman–Crippen LogP) is 3.34. The molecule has 0 spiro atoms. The quantitative estimate of drug-likeness (QED) is 0.498. The van der Waals surface area contributed by atoms with Crippen molar-refractivity contribution in [1.29, 1.82) is 0 Å². The highest BCUT2D eigenvalue weighted by molar-refractivity contribution is 6.13. The Kier molecular flexibility index (Phi) is 2.56. The molecule has 3 heterocycles. The zero-order chi connectivity index (χ0) is 17.3. The lowest BCUT2D eigenvalue weighted by Gasteiger charge is -2.12. The van der Waals surface area contributed by atoms with Gasteiger partial charge in [0, 0.05) is 16.5 Å². The van der Waals surface area contributed by atoms with Crippen LogP contribution in [0.15, 0.2) is 36.4 Å². The van der Waals surface area contributed by atoms with Gasteiger partial charge in [-0.15, -0.1) is 0 Å². The Bertz CT molecular complexity index is 1120. The number of rotatable bonds is 1. The second kappa shape index (κ2) is 4.82. The van der Waals surface area contributed by atoms with Gasteiger partial charge in [-0.25, -0.2) is 0 Å². The number of cyclic esters (lactones) is 1. The van der Waals surface area contributed by atoms with Crippen molar-refractivity contribution >= 4 is 16.7 Å². The maximum absolute atomic E-state index is 10.4. The van der Waals surface area contributed by atoms with Gasteiger partial charge >= 0.3 is 5.97 Å². The largest absolute Gasteiger partial charge is 0.519 e. The second-order valence-electron chi connectivity index (χ2n) is 6.35. The lowest BCUT2D eigenvalue weighted by molar-refractivity contribution is 0.174. The van der Waals surface area contributed by atoms with E-state index in [0.29, 0.717) is 35.2 Å². The van der Waals surface area contributed by atoms with Gasteiger partial charge in [0.15, 0.2) is 23.0 Å². The molecule has 0 aromatic heterocycles. The van der Waals surface area contributed by atoms with E-state index in [4.69, 9.17) is 23.7 Å². The molecule has 0 saturated carbocycles. The van der Waals surface area contributed by atoms with Crippen molar-refractivity contribution in [2.24, 2.45) is 0 Å². The molecule has 0 saturated heterocycles. The molecular weight excluding hydrogens is 336 g/mol. The normalized spacial score (nSPS) is 16.1. The number of esters is 1. The molecule has 3 aromatic carbocycles. The van der Waals surface area contributed by atoms with E-state index in [0.717, 1.165) is 27.5 Å². The molecular formula is C20H13O6+. The van der Waals surface area contributed by atoms with Gasteiger partial charge in [-0.1, -0.05) is 12.1 Å². The molecule has 128 valence electrons. The highest BCUT2D eigenvalue weighted by Gasteiger charge is 2.36. The van der Waals surface area contributed by atoms with Gasteiger partial charge in [0.05, 0.1) is 0 Å². The third kappa shape index (κ3) is 1.73. The molecule has 6 heteroatoms. The van der Waals surface area contributed by atoms with Crippen molar-refractivity contribution in [3.63, 3.8) is 0 Å². The zero-order valence-electron chi connectivity index (χ0n) is 13.6. The van der Waals surface area contributed by atoms with Crippen molar-refractivity contribution in [1.82, 2.24) is 0 Å². The first-order chi connectivity index (χ1) is 12.8. The Morgan fingerprint density at radius 1 is 0.731 bits per heavy atom. The van der Waals surface area contributed by atoms with Crippen LogP contribution >= 0.6 is 0 Å². The fourth-order valence-electron chi connectivity index (χ4n) is 3.83. The maximum atomic E-state index is 10.4. The minimum atomic E-state index is -0.0777. The summed E-state index contributed by atoms with van der Waals surface area (Å²) in [6.07, 6.45) is 0. The summed E-state index contributed by atoms with van der Waals surface area (Å²) in [6.45, 7) is 0.723. The van der Waals surface area contributed by atoms with Crippen LogP contribution in [0.1, 0.15) is 11.1 Å². The van der Waals surface area contributed by atoms with Crippen LogP contribution in [0.2, 0.25) is 0 Å².